The summed E-state index contributed by atoms with van der Waals surface area (Å²) in [5.74, 6) is 1.77. The lowest BCUT2D eigenvalue weighted by molar-refractivity contribution is 0.867. The molecule has 1 aromatic heterocycles. The summed E-state index contributed by atoms with van der Waals surface area (Å²) < 4.78 is 0. The molecule has 0 spiro atoms. The normalized spacial score (nSPS) is 10.7. The van der Waals surface area contributed by atoms with Crippen molar-refractivity contribution in [3.8, 4) is 0 Å². The zero-order valence-electron chi connectivity index (χ0n) is 16.6. The molecule has 0 fully saturated rings. The molecule has 0 saturated carbocycles. The number of rotatable bonds is 6. The van der Waals surface area contributed by atoms with Crippen LogP contribution in [0.3, 0.4) is 0 Å². The number of anilines is 5. The van der Waals surface area contributed by atoms with E-state index in [-0.39, 0.29) is 0 Å². The molecule has 0 bridgehead atoms. The Hall–Kier alpha value is -3.08. The highest BCUT2D eigenvalue weighted by atomic mass is 15.1. The first-order valence-electron chi connectivity index (χ1n) is 9.18. The first kappa shape index (κ1) is 18.7. The number of para-hydroxylation sites is 1. The third-order valence-electron chi connectivity index (χ3n) is 4.48. The van der Waals surface area contributed by atoms with Crippen LogP contribution in [-0.4, -0.2) is 24.1 Å². The van der Waals surface area contributed by atoms with Crippen LogP contribution in [0.2, 0.25) is 0 Å². The average molecular weight is 361 g/mol. The molecule has 5 heteroatoms. The average Bonchev–Trinajstić information content (AvgIpc) is 2.64. The molecule has 0 aliphatic carbocycles. The number of aromatic nitrogens is 2. The summed E-state index contributed by atoms with van der Waals surface area (Å²) in [4.78, 5) is 11.0. The molecule has 3 rings (SSSR count). The lowest BCUT2D eigenvalue weighted by Crippen LogP contribution is -2.08. The second kappa shape index (κ2) is 8.08. The summed E-state index contributed by atoms with van der Waals surface area (Å²) >= 11 is 0. The van der Waals surface area contributed by atoms with Crippen LogP contribution in [0.25, 0.3) is 0 Å². The van der Waals surface area contributed by atoms with Crippen molar-refractivity contribution < 1.29 is 0 Å². The number of hydrogen-bond acceptors (Lipinski definition) is 5. The summed E-state index contributed by atoms with van der Waals surface area (Å²) in [6.07, 6.45) is 1.76. The smallest absolute Gasteiger partial charge is 0.229 e. The topological polar surface area (TPSA) is 53.1 Å². The zero-order chi connectivity index (χ0) is 19.4. The Morgan fingerprint density at radius 3 is 2.33 bits per heavy atom. The number of benzene rings is 2. The second-order valence-corrected chi connectivity index (χ2v) is 7.15. The Kier molecular flexibility index (Phi) is 5.60. The molecular formula is C22H27N5. The number of nitrogens with zero attached hydrogens (tertiary/aromatic N) is 3. The molecule has 2 N–H and O–H groups in total. The van der Waals surface area contributed by atoms with E-state index < -0.39 is 0 Å². The first-order valence-corrected chi connectivity index (χ1v) is 9.18. The minimum absolute atomic E-state index is 0.432. The third-order valence-corrected chi connectivity index (χ3v) is 4.48. The van der Waals surface area contributed by atoms with E-state index in [1.54, 1.807) is 6.20 Å². The maximum Gasteiger partial charge on any atom is 0.229 e. The third kappa shape index (κ3) is 4.56. The van der Waals surface area contributed by atoms with Crippen LogP contribution >= 0.6 is 0 Å². The van der Waals surface area contributed by atoms with Crippen molar-refractivity contribution >= 4 is 28.8 Å². The van der Waals surface area contributed by atoms with Gasteiger partial charge in [0.1, 0.15) is 5.82 Å². The van der Waals surface area contributed by atoms with Crippen molar-refractivity contribution in [1.82, 2.24) is 9.97 Å². The molecule has 0 unspecified atom stereocenters. The van der Waals surface area contributed by atoms with Crippen molar-refractivity contribution in [2.45, 2.75) is 26.7 Å². The first-order chi connectivity index (χ1) is 12.9. The van der Waals surface area contributed by atoms with Gasteiger partial charge in [0.15, 0.2) is 0 Å². The van der Waals surface area contributed by atoms with E-state index in [2.05, 4.69) is 76.6 Å². The number of nitrogens with one attached hydrogen (secondary N) is 2. The Bertz CT molecular complexity index is 901. The summed E-state index contributed by atoms with van der Waals surface area (Å²) in [5, 5.41) is 6.74. The van der Waals surface area contributed by atoms with E-state index >= 15 is 0 Å². The van der Waals surface area contributed by atoms with E-state index in [4.69, 9.17) is 0 Å². The molecule has 0 saturated heterocycles. The molecule has 2 aromatic carbocycles. The Morgan fingerprint density at radius 2 is 1.67 bits per heavy atom. The minimum atomic E-state index is 0.432. The van der Waals surface area contributed by atoms with Gasteiger partial charge in [-0.2, -0.15) is 4.98 Å². The van der Waals surface area contributed by atoms with Gasteiger partial charge >= 0.3 is 0 Å². The van der Waals surface area contributed by atoms with Crippen molar-refractivity contribution in [3.05, 3.63) is 65.9 Å². The van der Waals surface area contributed by atoms with Crippen LogP contribution in [0.15, 0.2) is 54.7 Å². The molecule has 5 nitrogen and oxygen atoms in total. The van der Waals surface area contributed by atoms with Crippen molar-refractivity contribution in [3.63, 3.8) is 0 Å². The maximum absolute atomic E-state index is 4.62. The fourth-order valence-electron chi connectivity index (χ4n) is 2.93. The van der Waals surface area contributed by atoms with Gasteiger partial charge < -0.3 is 15.5 Å². The van der Waals surface area contributed by atoms with Gasteiger partial charge in [0.2, 0.25) is 5.95 Å². The molecule has 0 aliphatic rings. The van der Waals surface area contributed by atoms with Gasteiger partial charge in [-0.25, -0.2) is 4.98 Å². The molecule has 0 radical (unpaired) electrons. The van der Waals surface area contributed by atoms with Crippen molar-refractivity contribution in [2.75, 3.05) is 29.6 Å². The highest BCUT2D eigenvalue weighted by molar-refractivity contribution is 5.66. The predicted octanol–water partition coefficient (Wildman–Crippen LogP) is 5.46. The monoisotopic (exact) mass is 361 g/mol. The molecule has 0 atom stereocenters. The maximum atomic E-state index is 4.62. The van der Waals surface area contributed by atoms with E-state index in [1.807, 2.05) is 32.3 Å². The van der Waals surface area contributed by atoms with Gasteiger partial charge in [-0.15, -0.1) is 0 Å². The van der Waals surface area contributed by atoms with Crippen LogP contribution in [0, 0.1) is 6.92 Å². The van der Waals surface area contributed by atoms with E-state index in [1.165, 1.54) is 11.1 Å². The number of aryl methyl sites for hydroxylation is 1. The van der Waals surface area contributed by atoms with Gasteiger partial charge in [-0.1, -0.05) is 32.0 Å². The van der Waals surface area contributed by atoms with Crippen LogP contribution in [0.5, 0.6) is 0 Å². The molecule has 140 valence electrons. The zero-order valence-corrected chi connectivity index (χ0v) is 16.6. The van der Waals surface area contributed by atoms with Gasteiger partial charge in [0.25, 0.3) is 0 Å². The van der Waals surface area contributed by atoms with Gasteiger partial charge in [-0.3, -0.25) is 0 Å². The SMILES string of the molecule is Cc1cccc(C(C)C)c1Nc1ccnc(Nc2ccc(N(C)C)cc2)n1. The lowest BCUT2D eigenvalue weighted by Gasteiger charge is -2.17. The molecule has 0 amide bonds. The van der Waals surface area contributed by atoms with Crippen LogP contribution in [0.1, 0.15) is 30.9 Å². The highest BCUT2D eigenvalue weighted by Crippen LogP contribution is 2.30. The van der Waals surface area contributed by atoms with E-state index in [0.717, 1.165) is 22.9 Å². The Labute approximate surface area is 161 Å². The summed E-state index contributed by atoms with van der Waals surface area (Å²) in [5.41, 5.74) is 5.71. The quantitative estimate of drug-likeness (QED) is 0.610. The van der Waals surface area contributed by atoms with Crippen LogP contribution in [0.4, 0.5) is 28.8 Å². The molecule has 27 heavy (non-hydrogen) atoms. The number of hydrogen-bond donors (Lipinski definition) is 2. The van der Waals surface area contributed by atoms with E-state index in [9.17, 15) is 0 Å². The van der Waals surface area contributed by atoms with E-state index in [0.29, 0.717) is 11.9 Å². The van der Waals surface area contributed by atoms with Crippen LogP contribution < -0.4 is 15.5 Å². The highest BCUT2D eigenvalue weighted by Gasteiger charge is 2.10. The van der Waals surface area contributed by atoms with Gasteiger partial charge in [0.05, 0.1) is 0 Å². The van der Waals surface area contributed by atoms with Gasteiger partial charge in [-0.05, 0) is 54.3 Å². The Balaban J connectivity index is 1.80. The fraction of sp³-hybridized carbons (Fsp3) is 0.273. The Morgan fingerprint density at radius 1 is 0.926 bits per heavy atom. The molecule has 1 heterocycles. The summed E-state index contributed by atoms with van der Waals surface area (Å²) in [7, 11) is 4.05. The summed E-state index contributed by atoms with van der Waals surface area (Å²) in [6, 6.07) is 16.4. The standard InChI is InChI=1S/C22H27N5/c1-15(2)19-8-6-7-16(3)21(19)25-20-13-14-23-22(26-20)24-17-9-11-18(12-10-17)27(4)5/h6-15H,1-5H3,(H2,23,24,25,26). The molecular weight excluding hydrogens is 334 g/mol. The molecule has 0 aliphatic heterocycles. The second-order valence-electron chi connectivity index (χ2n) is 7.15. The lowest BCUT2D eigenvalue weighted by atomic mass is 9.98. The molecule has 3 aromatic rings. The van der Waals surface area contributed by atoms with Crippen molar-refractivity contribution in [1.29, 1.82) is 0 Å². The summed E-state index contributed by atoms with van der Waals surface area (Å²) in [6.45, 7) is 6.51. The largest absolute Gasteiger partial charge is 0.378 e. The van der Waals surface area contributed by atoms with Gasteiger partial charge in [0, 0.05) is 37.4 Å². The minimum Gasteiger partial charge on any atom is -0.378 e. The van der Waals surface area contributed by atoms with Crippen LogP contribution in [-0.2, 0) is 0 Å². The fourth-order valence-corrected chi connectivity index (χ4v) is 2.93. The van der Waals surface area contributed by atoms with Crippen molar-refractivity contribution in [2.24, 2.45) is 0 Å². The predicted molar refractivity (Wildman–Crippen MR) is 115 cm³/mol.